The fraction of sp³-hybridized carbons (Fsp3) is 0.462. The molecule has 1 aromatic carbocycles. The summed E-state index contributed by atoms with van der Waals surface area (Å²) in [5.74, 6) is 0.0658. The SMILES string of the molecule is CC12CN(C(=O)O)CC1c1cccc(Cl)c1CO2. The zero-order chi connectivity index (χ0) is 12.9. The zero-order valence-corrected chi connectivity index (χ0v) is 10.8. The van der Waals surface area contributed by atoms with Crippen molar-refractivity contribution >= 4 is 17.7 Å². The summed E-state index contributed by atoms with van der Waals surface area (Å²) in [5.41, 5.74) is 1.68. The molecule has 0 radical (unpaired) electrons. The average Bonchev–Trinajstić information content (AvgIpc) is 2.67. The van der Waals surface area contributed by atoms with E-state index in [1.165, 1.54) is 4.90 Å². The van der Waals surface area contributed by atoms with E-state index in [1.807, 2.05) is 25.1 Å². The van der Waals surface area contributed by atoms with Crippen molar-refractivity contribution in [2.75, 3.05) is 13.1 Å². The third kappa shape index (κ3) is 1.60. The van der Waals surface area contributed by atoms with Gasteiger partial charge in [0.05, 0.1) is 18.8 Å². The van der Waals surface area contributed by atoms with Crippen LogP contribution in [0.15, 0.2) is 18.2 Å². The van der Waals surface area contributed by atoms with Gasteiger partial charge in [-0.2, -0.15) is 0 Å². The van der Waals surface area contributed by atoms with Crippen LogP contribution in [-0.2, 0) is 11.3 Å². The van der Waals surface area contributed by atoms with Gasteiger partial charge in [-0.25, -0.2) is 4.79 Å². The van der Waals surface area contributed by atoms with Gasteiger partial charge < -0.3 is 14.7 Å². The highest BCUT2D eigenvalue weighted by molar-refractivity contribution is 6.31. The molecule has 0 spiro atoms. The van der Waals surface area contributed by atoms with Gasteiger partial charge >= 0.3 is 6.09 Å². The molecule has 2 heterocycles. The lowest BCUT2D eigenvalue weighted by atomic mass is 9.81. The molecule has 1 aromatic rings. The maximum absolute atomic E-state index is 11.1. The Labute approximate surface area is 110 Å². The summed E-state index contributed by atoms with van der Waals surface area (Å²) in [4.78, 5) is 12.5. The van der Waals surface area contributed by atoms with Crippen LogP contribution in [0.2, 0.25) is 5.02 Å². The molecule has 4 nitrogen and oxygen atoms in total. The van der Waals surface area contributed by atoms with Crippen molar-refractivity contribution in [3.05, 3.63) is 34.3 Å². The normalized spacial score (nSPS) is 29.9. The Morgan fingerprint density at radius 3 is 3.11 bits per heavy atom. The first-order chi connectivity index (χ1) is 8.51. The fourth-order valence-corrected chi connectivity index (χ4v) is 3.21. The number of hydrogen-bond acceptors (Lipinski definition) is 2. The number of carboxylic acid groups (broad SMARTS) is 1. The van der Waals surface area contributed by atoms with E-state index in [0.717, 1.165) is 11.1 Å². The van der Waals surface area contributed by atoms with Gasteiger partial charge in [0.25, 0.3) is 0 Å². The molecular weight excluding hydrogens is 254 g/mol. The molecule has 1 saturated heterocycles. The van der Waals surface area contributed by atoms with E-state index >= 15 is 0 Å². The average molecular weight is 268 g/mol. The molecule has 1 amide bonds. The van der Waals surface area contributed by atoms with Crippen LogP contribution in [0.1, 0.15) is 24.0 Å². The Hall–Kier alpha value is -1.26. The molecule has 5 heteroatoms. The number of nitrogens with zero attached hydrogens (tertiary/aromatic N) is 1. The van der Waals surface area contributed by atoms with Crippen LogP contribution in [-0.4, -0.2) is 34.8 Å². The smallest absolute Gasteiger partial charge is 0.407 e. The van der Waals surface area contributed by atoms with Crippen LogP contribution in [0.5, 0.6) is 0 Å². The number of ether oxygens (including phenoxy) is 1. The molecule has 2 aliphatic heterocycles. The maximum atomic E-state index is 11.1. The van der Waals surface area contributed by atoms with Gasteiger partial charge in [-0.15, -0.1) is 0 Å². The van der Waals surface area contributed by atoms with Crippen LogP contribution in [0.3, 0.4) is 0 Å². The van der Waals surface area contributed by atoms with Crippen LogP contribution < -0.4 is 0 Å². The van der Waals surface area contributed by atoms with Crippen LogP contribution in [0, 0.1) is 0 Å². The van der Waals surface area contributed by atoms with Crippen molar-refractivity contribution in [3.63, 3.8) is 0 Å². The van der Waals surface area contributed by atoms with Gasteiger partial charge in [0, 0.05) is 23.0 Å². The molecule has 0 bridgehead atoms. The lowest BCUT2D eigenvalue weighted by molar-refractivity contribution is -0.0556. The molecule has 18 heavy (non-hydrogen) atoms. The van der Waals surface area contributed by atoms with Gasteiger partial charge in [0.2, 0.25) is 0 Å². The van der Waals surface area contributed by atoms with E-state index in [1.54, 1.807) is 0 Å². The summed E-state index contributed by atoms with van der Waals surface area (Å²) in [6.45, 7) is 3.32. The second-order valence-electron chi connectivity index (χ2n) is 5.12. The molecule has 0 aromatic heterocycles. The van der Waals surface area contributed by atoms with E-state index in [4.69, 9.17) is 21.4 Å². The van der Waals surface area contributed by atoms with Gasteiger partial charge in [-0.1, -0.05) is 23.7 Å². The first kappa shape index (κ1) is 11.8. The lowest BCUT2D eigenvalue weighted by Crippen LogP contribution is -2.40. The summed E-state index contributed by atoms with van der Waals surface area (Å²) in [7, 11) is 0. The van der Waals surface area contributed by atoms with Crippen LogP contribution >= 0.6 is 11.6 Å². The summed E-state index contributed by atoms with van der Waals surface area (Å²) in [6.07, 6.45) is -0.891. The van der Waals surface area contributed by atoms with Crippen molar-refractivity contribution < 1.29 is 14.6 Å². The molecule has 2 atom stereocenters. The molecule has 0 aliphatic carbocycles. The second-order valence-corrected chi connectivity index (χ2v) is 5.53. The summed E-state index contributed by atoms with van der Waals surface area (Å²) >= 11 is 6.17. The third-order valence-corrected chi connectivity index (χ3v) is 4.35. The van der Waals surface area contributed by atoms with E-state index in [0.29, 0.717) is 24.7 Å². The molecule has 2 aliphatic rings. The van der Waals surface area contributed by atoms with E-state index in [9.17, 15) is 4.79 Å². The molecule has 0 saturated carbocycles. The summed E-state index contributed by atoms with van der Waals surface area (Å²) < 4.78 is 5.89. The Kier molecular flexibility index (Phi) is 2.54. The number of carbonyl (C=O) groups is 1. The summed E-state index contributed by atoms with van der Waals surface area (Å²) in [6, 6.07) is 5.78. The predicted molar refractivity (Wildman–Crippen MR) is 67.0 cm³/mol. The number of hydrogen-bond donors (Lipinski definition) is 1. The van der Waals surface area contributed by atoms with E-state index < -0.39 is 11.7 Å². The summed E-state index contributed by atoms with van der Waals surface area (Å²) in [5, 5.41) is 9.82. The maximum Gasteiger partial charge on any atom is 0.407 e. The van der Waals surface area contributed by atoms with Crippen LogP contribution in [0.4, 0.5) is 4.79 Å². The number of amides is 1. The van der Waals surface area contributed by atoms with Crippen molar-refractivity contribution in [1.29, 1.82) is 0 Å². The minimum atomic E-state index is -0.891. The van der Waals surface area contributed by atoms with Gasteiger partial charge in [0.1, 0.15) is 0 Å². The van der Waals surface area contributed by atoms with Crippen molar-refractivity contribution in [1.82, 2.24) is 4.90 Å². The van der Waals surface area contributed by atoms with Gasteiger partial charge in [-0.05, 0) is 18.6 Å². The molecule has 3 rings (SSSR count). The Bertz CT molecular complexity index is 519. The fourth-order valence-electron chi connectivity index (χ4n) is 2.98. The Balaban J connectivity index is 2.04. The Morgan fingerprint density at radius 2 is 2.39 bits per heavy atom. The molecule has 96 valence electrons. The number of rotatable bonds is 0. The topological polar surface area (TPSA) is 49.8 Å². The first-order valence-electron chi connectivity index (χ1n) is 5.90. The number of fused-ring (bicyclic) bond motifs is 3. The van der Waals surface area contributed by atoms with Crippen molar-refractivity contribution in [2.24, 2.45) is 0 Å². The third-order valence-electron chi connectivity index (χ3n) is 3.99. The quantitative estimate of drug-likeness (QED) is 0.786. The van der Waals surface area contributed by atoms with E-state index in [-0.39, 0.29) is 5.92 Å². The Morgan fingerprint density at radius 1 is 1.61 bits per heavy atom. The number of likely N-dealkylation sites (tertiary alicyclic amines) is 1. The molecular formula is C13H14ClNO3. The minimum Gasteiger partial charge on any atom is -0.465 e. The monoisotopic (exact) mass is 267 g/mol. The highest BCUT2D eigenvalue weighted by atomic mass is 35.5. The highest BCUT2D eigenvalue weighted by Gasteiger charge is 2.49. The van der Waals surface area contributed by atoms with Gasteiger partial charge in [-0.3, -0.25) is 0 Å². The van der Waals surface area contributed by atoms with Crippen molar-refractivity contribution in [2.45, 2.75) is 25.0 Å². The predicted octanol–water partition coefficient (Wildman–Crippen LogP) is 2.71. The lowest BCUT2D eigenvalue weighted by Gasteiger charge is -2.36. The minimum absolute atomic E-state index is 0.0658. The molecule has 1 fully saturated rings. The van der Waals surface area contributed by atoms with Gasteiger partial charge in [0.15, 0.2) is 0 Å². The van der Waals surface area contributed by atoms with Crippen LogP contribution in [0.25, 0.3) is 0 Å². The van der Waals surface area contributed by atoms with Crippen molar-refractivity contribution in [3.8, 4) is 0 Å². The largest absolute Gasteiger partial charge is 0.465 e. The second kappa shape index (κ2) is 3.87. The zero-order valence-electron chi connectivity index (χ0n) is 10.0. The highest BCUT2D eigenvalue weighted by Crippen LogP contribution is 2.45. The first-order valence-corrected chi connectivity index (χ1v) is 6.28. The molecule has 2 unspecified atom stereocenters. The van der Waals surface area contributed by atoms with E-state index in [2.05, 4.69) is 0 Å². The number of halogens is 1. The standard InChI is InChI=1S/C13H14ClNO3/c1-13-7-15(12(16)17)5-10(13)8-3-2-4-11(14)9(8)6-18-13/h2-4,10H,5-7H2,1H3,(H,16,17). The number of benzene rings is 1. The molecule has 1 N–H and O–H groups in total.